The van der Waals surface area contributed by atoms with Gasteiger partial charge in [0.05, 0.1) is 0 Å². The van der Waals surface area contributed by atoms with Gasteiger partial charge in [-0.05, 0) is 50.8 Å². The van der Waals surface area contributed by atoms with Gasteiger partial charge in [0.2, 0.25) is 0 Å². The van der Waals surface area contributed by atoms with Crippen LogP contribution in [-0.4, -0.2) is 35.1 Å². The number of carboxylic acids is 1. The monoisotopic (exact) mass is 275 g/mol. The molecule has 1 N–H and O–H groups in total. The van der Waals surface area contributed by atoms with Crippen LogP contribution < -0.4 is 0 Å². The van der Waals surface area contributed by atoms with Gasteiger partial charge in [-0.25, -0.2) is 0 Å². The molecule has 0 spiro atoms. The van der Waals surface area contributed by atoms with Gasteiger partial charge in [-0.15, -0.1) is 0 Å². The van der Waals surface area contributed by atoms with Crippen molar-refractivity contribution in [3.63, 3.8) is 0 Å². The summed E-state index contributed by atoms with van der Waals surface area (Å²) in [6, 6.07) is 11.3. The molecule has 1 aliphatic rings. The van der Waals surface area contributed by atoms with Gasteiger partial charge in [0.25, 0.3) is 0 Å². The number of rotatable bonds is 7. The predicted molar refractivity (Wildman–Crippen MR) is 80.8 cm³/mol. The Bertz CT molecular complexity index is 405. The molecule has 1 aromatic carbocycles. The first-order valence-electron chi connectivity index (χ1n) is 7.75. The molecule has 0 amide bonds. The van der Waals surface area contributed by atoms with Crippen LogP contribution in [0.4, 0.5) is 0 Å². The highest BCUT2D eigenvalue weighted by molar-refractivity contribution is 5.66. The molecule has 0 radical (unpaired) electrons. The van der Waals surface area contributed by atoms with Crippen molar-refractivity contribution in [2.24, 2.45) is 0 Å². The number of piperidine rings is 1. The predicted octanol–water partition coefficient (Wildman–Crippen LogP) is 3.34. The number of hydrogen-bond acceptors (Lipinski definition) is 2. The minimum atomic E-state index is -0.676. The molecule has 3 nitrogen and oxygen atoms in total. The summed E-state index contributed by atoms with van der Waals surface area (Å²) in [7, 11) is 0. The zero-order valence-electron chi connectivity index (χ0n) is 12.1. The fraction of sp³-hybridized carbons (Fsp3) is 0.588. The summed E-state index contributed by atoms with van der Waals surface area (Å²) in [6.07, 6.45) is 7.10. The van der Waals surface area contributed by atoms with E-state index in [9.17, 15) is 4.79 Å². The average molecular weight is 275 g/mol. The highest BCUT2D eigenvalue weighted by Gasteiger charge is 2.21. The molecule has 0 bridgehead atoms. The van der Waals surface area contributed by atoms with Crippen LogP contribution in [0, 0.1) is 0 Å². The largest absolute Gasteiger partial charge is 0.481 e. The number of carboxylic acid groups (broad SMARTS) is 1. The first-order chi connectivity index (χ1) is 9.75. The van der Waals surface area contributed by atoms with Crippen LogP contribution >= 0.6 is 0 Å². The second kappa shape index (κ2) is 8.05. The third-order valence-electron chi connectivity index (χ3n) is 4.15. The number of nitrogens with zero attached hydrogens (tertiary/aromatic N) is 1. The van der Waals surface area contributed by atoms with Gasteiger partial charge in [-0.3, -0.25) is 4.79 Å². The molecule has 1 atom stereocenters. The first kappa shape index (κ1) is 15.0. The summed E-state index contributed by atoms with van der Waals surface area (Å²) >= 11 is 0. The second-order valence-electron chi connectivity index (χ2n) is 5.73. The molecule has 20 heavy (non-hydrogen) atoms. The van der Waals surface area contributed by atoms with Gasteiger partial charge in [-0.2, -0.15) is 0 Å². The Balaban J connectivity index is 1.80. The summed E-state index contributed by atoms with van der Waals surface area (Å²) in [6.45, 7) is 2.22. The molecular formula is C17H25NO2. The Labute approximate surface area is 121 Å². The van der Waals surface area contributed by atoms with Crippen LogP contribution in [0.25, 0.3) is 0 Å². The Morgan fingerprint density at radius 3 is 2.75 bits per heavy atom. The van der Waals surface area contributed by atoms with Crippen LogP contribution in [0.3, 0.4) is 0 Å². The lowest BCUT2D eigenvalue weighted by molar-refractivity contribution is -0.137. The van der Waals surface area contributed by atoms with Crippen molar-refractivity contribution in [1.82, 2.24) is 4.90 Å². The summed E-state index contributed by atoms with van der Waals surface area (Å²) in [4.78, 5) is 13.1. The zero-order valence-corrected chi connectivity index (χ0v) is 12.1. The standard InChI is InChI=1S/C17H25NO2/c19-17(20)11-5-7-13-18-12-6-4-10-16(18)14-15-8-2-1-3-9-15/h1-3,8-9,16H,4-7,10-14H2,(H,19,20). The third-order valence-corrected chi connectivity index (χ3v) is 4.15. The van der Waals surface area contributed by atoms with Crippen molar-refractivity contribution in [3.8, 4) is 0 Å². The summed E-state index contributed by atoms with van der Waals surface area (Å²) in [5, 5.41) is 8.68. The van der Waals surface area contributed by atoms with Crippen molar-refractivity contribution < 1.29 is 9.90 Å². The average Bonchev–Trinajstić information content (AvgIpc) is 2.46. The number of aliphatic carboxylic acids is 1. The van der Waals surface area contributed by atoms with E-state index >= 15 is 0 Å². The molecular weight excluding hydrogens is 250 g/mol. The number of carbonyl (C=O) groups is 1. The lowest BCUT2D eigenvalue weighted by Crippen LogP contribution is -2.41. The second-order valence-corrected chi connectivity index (χ2v) is 5.73. The van der Waals surface area contributed by atoms with Crippen LogP contribution in [0.2, 0.25) is 0 Å². The maximum Gasteiger partial charge on any atom is 0.303 e. The SMILES string of the molecule is O=C(O)CCCCN1CCCCC1Cc1ccccc1. The Kier molecular flexibility index (Phi) is 6.06. The number of likely N-dealkylation sites (tertiary alicyclic amines) is 1. The minimum absolute atomic E-state index is 0.303. The highest BCUT2D eigenvalue weighted by atomic mass is 16.4. The number of hydrogen-bond donors (Lipinski definition) is 1. The Morgan fingerprint density at radius 2 is 2.00 bits per heavy atom. The normalized spacial score (nSPS) is 19.9. The molecule has 1 heterocycles. The van der Waals surface area contributed by atoms with Gasteiger partial charge in [0.15, 0.2) is 0 Å². The Morgan fingerprint density at radius 1 is 1.20 bits per heavy atom. The summed E-state index contributed by atoms with van der Waals surface area (Å²) < 4.78 is 0. The van der Waals surface area contributed by atoms with E-state index in [0.29, 0.717) is 12.5 Å². The van der Waals surface area contributed by atoms with Gasteiger partial charge in [-0.1, -0.05) is 36.8 Å². The molecule has 0 aliphatic carbocycles. The van der Waals surface area contributed by atoms with E-state index in [2.05, 4.69) is 35.2 Å². The van der Waals surface area contributed by atoms with Gasteiger partial charge < -0.3 is 10.0 Å². The fourth-order valence-electron chi connectivity index (χ4n) is 3.06. The summed E-state index contributed by atoms with van der Waals surface area (Å²) in [5.74, 6) is -0.676. The van der Waals surface area contributed by atoms with E-state index < -0.39 is 5.97 Å². The lowest BCUT2D eigenvalue weighted by Gasteiger charge is -2.36. The molecule has 1 unspecified atom stereocenters. The Hall–Kier alpha value is -1.35. The van der Waals surface area contributed by atoms with Gasteiger partial charge in [0, 0.05) is 12.5 Å². The maximum absolute atomic E-state index is 10.5. The van der Waals surface area contributed by atoms with E-state index in [0.717, 1.165) is 25.8 Å². The lowest BCUT2D eigenvalue weighted by atomic mass is 9.95. The van der Waals surface area contributed by atoms with Crippen molar-refractivity contribution in [2.75, 3.05) is 13.1 Å². The third kappa shape index (κ3) is 4.97. The molecule has 0 saturated carbocycles. The quantitative estimate of drug-likeness (QED) is 0.776. The molecule has 1 saturated heterocycles. The van der Waals surface area contributed by atoms with E-state index in [1.54, 1.807) is 0 Å². The van der Waals surface area contributed by atoms with Gasteiger partial charge >= 0.3 is 5.97 Å². The molecule has 110 valence electrons. The van der Waals surface area contributed by atoms with E-state index in [1.165, 1.54) is 31.4 Å². The molecule has 1 fully saturated rings. The smallest absolute Gasteiger partial charge is 0.303 e. The van der Waals surface area contributed by atoms with E-state index in [1.807, 2.05) is 0 Å². The number of benzene rings is 1. The van der Waals surface area contributed by atoms with Crippen LogP contribution in [-0.2, 0) is 11.2 Å². The molecule has 0 aromatic heterocycles. The number of unbranched alkanes of at least 4 members (excludes halogenated alkanes) is 1. The first-order valence-corrected chi connectivity index (χ1v) is 7.75. The van der Waals surface area contributed by atoms with Crippen molar-refractivity contribution >= 4 is 5.97 Å². The molecule has 3 heteroatoms. The van der Waals surface area contributed by atoms with Crippen LogP contribution in [0.5, 0.6) is 0 Å². The summed E-state index contributed by atoms with van der Waals surface area (Å²) in [5.41, 5.74) is 1.41. The highest BCUT2D eigenvalue weighted by Crippen LogP contribution is 2.21. The van der Waals surface area contributed by atoms with Crippen molar-refractivity contribution in [3.05, 3.63) is 35.9 Å². The fourth-order valence-corrected chi connectivity index (χ4v) is 3.06. The van der Waals surface area contributed by atoms with E-state index in [4.69, 9.17) is 5.11 Å². The topological polar surface area (TPSA) is 40.5 Å². The van der Waals surface area contributed by atoms with Crippen LogP contribution in [0.1, 0.15) is 44.1 Å². The van der Waals surface area contributed by atoms with Crippen molar-refractivity contribution in [2.45, 2.75) is 51.0 Å². The van der Waals surface area contributed by atoms with Crippen molar-refractivity contribution in [1.29, 1.82) is 0 Å². The molecule has 1 aliphatic heterocycles. The molecule has 2 rings (SSSR count). The van der Waals surface area contributed by atoms with E-state index in [-0.39, 0.29) is 0 Å². The molecule has 1 aromatic rings. The van der Waals surface area contributed by atoms with Crippen LogP contribution in [0.15, 0.2) is 30.3 Å². The maximum atomic E-state index is 10.5. The zero-order chi connectivity index (χ0) is 14.2. The minimum Gasteiger partial charge on any atom is -0.481 e. The van der Waals surface area contributed by atoms with Gasteiger partial charge in [0.1, 0.15) is 0 Å².